The first kappa shape index (κ1) is 20.3. The average Bonchev–Trinajstić information content (AvgIpc) is 2.96. The molecule has 1 aromatic carbocycles. The summed E-state index contributed by atoms with van der Waals surface area (Å²) in [5.74, 6) is -0.313. The Morgan fingerprint density at radius 2 is 2.19 bits per heavy atom. The van der Waals surface area contributed by atoms with Crippen molar-refractivity contribution in [3.8, 4) is 0 Å². The highest BCUT2D eigenvalue weighted by Crippen LogP contribution is 2.49. The number of hydrogen-bond donors (Lipinski definition) is 3. The van der Waals surface area contributed by atoms with E-state index in [9.17, 15) is 18.3 Å². The second-order valence-electron chi connectivity index (χ2n) is 6.89. The van der Waals surface area contributed by atoms with Gasteiger partial charge in [0, 0.05) is 19.5 Å². The number of likely N-dealkylation sites (N-methyl/N-ethyl adjacent to an activating group) is 1. The van der Waals surface area contributed by atoms with Crippen molar-refractivity contribution in [3.05, 3.63) is 29.6 Å². The van der Waals surface area contributed by atoms with E-state index in [1.165, 1.54) is 15.3 Å². The molecule has 2 fully saturated rings. The third-order valence-electron chi connectivity index (χ3n) is 4.91. The maximum absolute atomic E-state index is 14.7. The zero-order valence-corrected chi connectivity index (χ0v) is 16.9. The van der Waals surface area contributed by atoms with Crippen molar-refractivity contribution in [3.63, 3.8) is 0 Å². The van der Waals surface area contributed by atoms with Gasteiger partial charge >= 0.3 is 6.09 Å². The monoisotopic (exact) mass is 417 g/mol. The van der Waals surface area contributed by atoms with Gasteiger partial charge in [-0.3, -0.25) is 14.0 Å². The van der Waals surface area contributed by atoms with Crippen molar-refractivity contribution in [2.75, 3.05) is 37.3 Å². The summed E-state index contributed by atoms with van der Waals surface area (Å²) in [6, 6.07) is 4.70. The zero-order valence-electron chi connectivity index (χ0n) is 15.2. The number of hydrogen-bond acceptors (Lipinski definition) is 6. The lowest BCUT2D eigenvalue weighted by molar-refractivity contribution is 0.143. The molecule has 0 spiro atoms. The van der Waals surface area contributed by atoms with Gasteiger partial charge < -0.3 is 10.1 Å². The van der Waals surface area contributed by atoms with E-state index in [1.54, 1.807) is 26.1 Å². The van der Waals surface area contributed by atoms with Crippen LogP contribution in [-0.4, -0.2) is 63.0 Å². The molecule has 2 atom stereocenters. The minimum absolute atomic E-state index is 0.128. The molecule has 2 aliphatic rings. The van der Waals surface area contributed by atoms with Crippen LogP contribution in [0.5, 0.6) is 0 Å². The van der Waals surface area contributed by atoms with E-state index in [0.717, 1.165) is 0 Å². The lowest BCUT2D eigenvalue weighted by Crippen LogP contribution is -2.35. The van der Waals surface area contributed by atoms with Gasteiger partial charge in [0.05, 0.1) is 29.5 Å². The SMILES string of the molecule is CC(=S)NC[C@H]1CN(c2ccc(C3CCS(O)(O)N(C)C3)c(F)c2)C(=O)O1. The van der Waals surface area contributed by atoms with Crippen LogP contribution in [0.1, 0.15) is 24.8 Å². The van der Waals surface area contributed by atoms with Gasteiger partial charge in [-0.1, -0.05) is 18.3 Å². The number of carbonyl (C=O) groups is 1. The predicted molar refractivity (Wildman–Crippen MR) is 108 cm³/mol. The van der Waals surface area contributed by atoms with E-state index >= 15 is 0 Å². The summed E-state index contributed by atoms with van der Waals surface area (Å²) in [6.07, 6.45) is -0.364. The second-order valence-corrected chi connectivity index (χ2v) is 9.80. The lowest BCUT2D eigenvalue weighted by atomic mass is 9.95. The molecule has 0 radical (unpaired) electrons. The van der Waals surface area contributed by atoms with Crippen molar-refractivity contribution in [1.82, 2.24) is 9.62 Å². The molecule has 0 bridgehead atoms. The largest absolute Gasteiger partial charge is 0.442 e. The number of rotatable bonds is 4. The maximum Gasteiger partial charge on any atom is 0.414 e. The fraction of sp³-hybridized carbons (Fsp3) is 0.529. The Kier molecular flexibility index (Phi) is 5.92. The Hall–Kier alpha value is -1.46. The summed E-state index contributed by atoms with van der Waals surface area (Å²) < 4.78 is 41.3. The van der Waals surface area contributed by atoms with Crippen LogP contribution in [0.4, 0.5) is 14.9 Å². The van der Waals surface area contributed by atoms with Gasteiger partial charge in [-0.25, -0.2) is 13.5 Å². The Balaban J connectivity index is 1.70. The fourth-order valence-corrected chi connectivity index (χ4v) is 4.76. The van der Waals surface area contributed by atoms with Gasteiger partial charge in [0.1, 0.15) is 11.9 Å². The number of ether oxygens (including phenoxy) is 1. The van der Waals surface area contributed by atoms with Gasteiger partial charge in [0.2, 0.25) is 0 Å². The summed E-state index contributed by atoms with van der Waals surface area (Å²) in [5.41, 5.74) is 0.957. The highest BCUT2D eigenvalue weighted by Gasteiger charge is 2.34. The first-order valence-corrected chi connectivity index (χ1v) is 10.7. The molecule has 2 aliphatic heterocycles. The molecule has 1 amide bonds. The first-order chi connectivity index (χ1) is 12.7. The van der Waals surface area contributed by atoms with Crippen LogP contribution in [0, 0.1) is 5.82 Å². The van der Waals surface area contributed by atoms with E-state index in [2.05, 4.69) is 5.32 Å². The molecule has 2 saturated heterocycles. The molecule has 1 unspecified atom stereocenters. The topological polar surface area (TPSA) is 85.3 Å². The van der Waals surface area contributed by atoms with Crippen LogP contribution < -0.4 is 10.2 Å². The summed E-state index contributed by atoms with van der Waals surface area (Å²) in [6.45, 7) is 2.86. The van der Waals surface area contributed by atoms with Crippen LogP contribution in [0.2, 0.25) is 0 Å². The molecule has 1 aromatic rings. The summed E-state index contributed by atoms with van der Waals surface area (Å²) in [7, 11) is -1.11. The van der Waals surface area contributed by atoms with Crippen LogP contribution in [0.15, 0.2) is 18.2 Å². The standard InChI is InChI=1S/C17H24FN3O4S2/c1-11(26)19-8-14-10-21(17(22)25-14)13-3-4-15(16(18)7-13)12-5-6-27(23,24)20(2)9-12/h3-4,7,12,14,23-24H,5-6,8-10H2,1-2H3,(H,19,26)/t12?,14-/m0/s1. The number of carbonyl (C=O) groups excluding carboxylic acids is 1. The molecular weight excluding hydrogens is 393 g/mol. The number of halogens is 1. The van der Waals surface area contributed by atoms with Crippen LogP contribution in [0.3, 0.4) is 0 Å². The molecule has 0 saturated carbocycles. The third kappa shape index (κ3) is 4.52. The molecule has 150 valence electrons. The molecule has 7 nitrogen and oxygen atoms in total. The van der Waals surface area contributed by atoms with Gasteiger partial charge in [0.25, 0.3) is 0 Å². The van der Waals surface area contributed by atoms with Crippen molar-refractivity contribution in [2.45, 2.75) is 25.4 Å². The van der Waals surface area contributed by atoms with Crippen molar-refractivity contribution >= 4 is 39.8 Å². The number of anilines is 1. The van der Waals surface area contributed by atoms with Gasteiger partial charge in [-0.15, -0.1) is 10.8 Å². The van der Waals surface area contributed by atoms with Crippen LogP contribution in [0.25, 0.3) is 0 Å². The third-order valence-corrected chi connectivity index (χ3v) is 6.98. The highest BCUT2D eigenvalue weighted by molar-refractivity contribution is 8.22. The van der Waals surface area contributed by atoms with Crippen LogP contribution in [-0.2, 0) is 4.74 Å². The van der Waals surface area contributed by atoms with Gasteiger partial charge in [-0.2, -0.15) is 0 Å². The van der Waals surface area contributed by atoms with E-state index < -0.39 is 22.7 Å². The molecule has 10 heteroatoms. The van der Waals surface area contributed by atoms with E-state index in [0.29, 0.717) is 42.3 Å². The Morgan fingerprint density at radius 1 is 1.44 bits per heavy atom. The normalized spacial score (nSPS) is 26.6. The van der Waals surface area contributed by atoms with E-state index in [1.807, 2.05) is 0 Å². The highest BCUT2D eigenvalue weighted by atomic mass is 32.3. The molecule has 2 heterocycles. The minimum atomic E-state index is -2.74. The lowest BCUT2D eigenvalue weighted by Gasteiger charge is -2.46. The van der Waals surface area contributed by atoms with Gasteiger partial charge in [0.15, 0.2) is 0 Å². The fourth-order valence-electron chi connectivity index (χ4n) is 3.34. The summed E-state index contributed by atoms with van der Waals surface area (Å²) >= 11 is 4.95. The van der Waals surface area contributed by atoms with Crippen LogP contribution >= 0.6 is 23.0 Å². The zero-order chi connectivity index (χ0) is 19.8. The number of benzene rings is 1. The molecule has 3 rings (SSSR count). The number of amides is 1. The summed E-state index contributed by atoms with van der Waals surface area (Å²) in [4.78, 5) is 14.1. The second kappa shape index (κ2) is 7.88. The Morgan fingerprint density at radius 3 is 2.81 bits per heavy atom. The Labute approximate surface area is 165 Å². The number of cyclic esters (lactones) is 1. The molecule has 0 aromatic heterocycles. The number of thiocarbonyl (C=S) groups is 1. The molecular formula is C17H24FN3O4S2. The summed E-state index contributed by atoms with van der Waals surface area (Å²) in [5, 5.41) is 2.96. The average molecular weight is 418 g/mol. The predicted octanol–water partition coefficient (Wildman–Crippen LogP) is 3.17. The minimum Gasteiger partial charge on any atom is -0.442 e. The maximum atomic E-state index is 14.7. The van der Waals surface area contributed by atoms with E-state index in [4.69, 9.17) is 17.0 Å². The Bertz CT molecular complexity index is 749. The molecule has 0 aliphatic carbocycles. The molecule has 3 N–H and O–H groups in total. The number of nitrogens with zero attached hydrogens (tertiary/aromatic N) is 2. The first-order valence-electron chi connectivity index (χ1n) is 8.66. The number of nitrogens with one attached hydrogen (secondary N) is 1. The van der Waals surface area contributed by atoms with Crippen molar-refractivity contribution < 1.29 is 23.0 Å². The van der Waals surface area contributed by atoms with Crippen molar-refractivity contribution in [1.29, 1.82) is 0 Å². The molecule has 27 heavy (non-hydrogen) atoms. The quantitative estimate of drug-likeness (QED) is 0.649. The van der Waals surface area contributed by atoms with E-state index in [-0.39, 0.29) is 17.8 Å². The smallest absolute Gasteiger partial charge is 0.414 e. The van der Waals surface area contributed by atoms with Crippen molar-refractivity contribution in [2.24, 2.45) is 0 Å². The van der Waals surface area contributed by atoms with Gasteiger partial charge in [-0.05, 0) is 31.0 Å².